The molecule has 2 heterocycles. The van der Waals surface area contributed by atoms with E-state index in [9.17, 15) is 0 Å². The van der Waals surface area contributed by atoms with Crippen LogP contribution >= 0.6 is 23.2 Å². The van der Waals surface area contributed by atoms with Crippen LogP contribution in [0.15, 0.2) is 54.7 Å². The molecular formula is C17H10Cl2N2. The van der Waals surface area contributed by atoms with Gasteiger partial charge in [-0.1, -0.05) is 35.3 Å². The normalized spacial score (nSPS) is 11.3. The number of hydrogen-bond donors (Lipinski definition) is 1. The van der Waals surface area contributed by atoms with Crippen LogP contribution in [0, 0.1) is 0 Å². The predicted octanol–water partition coefficient (Wildman–Crippen LogP) is 5.69. The molecule has 4 rings (SSSR count). The first-order valence-corrected chi connectivity index (χ1v) is 7.30. The van der Waals surface area contributed by atoms with Gasteiger partial charge in [-0.15, -0.1) is 0 Å². The zero-order valence-corrected chi connectivity index (χ0v) is 12.4. The molecule has 2 aromatic heterocycles. The summed E-state index contributed by atoms with van der Waals surface area (Å²) in [6.07, 6.45) is 1.95. The molecule has 21 heavy (non-hydrogen) atoms. The predicted molar refractivity (Wildman–Crippen MR) is 89.1 cm³/mol. The Hall–Kier alpha value is -2.03. The molecule has 0 atom stereocenters. The molecule has 0 unspecified atom stereocenters. The SMILES string of the molecule is Clc1ccc2nc(-c3c[nH]c4cccc(Cl)c34)ccc2c1. The van der Waals surface area contributed by atoms with Crippen molar-refractivity contribution in [2.45, 2.75) is 0 Å². The number of halogens is 2. The maximum absolute atomic E-state index is 6.33. The second kappa shape index (κ2) is 4.76. The fraction of sp³-hybridized carbons (Fsp3) is 0. The van der Waals surface area contributed by atoms with Gasteiger partial charge in [0.05, 0.1) is 16.2 Å². The largest absolute Gasteiger partial charge is 0.360 e. The highest BCUT2D eigenvalue weighted by molar-refractivity contribution is 6.36. The molecule has 2 nitrogen and oxygen atoms in total. The molecule has 4 aromatic rings. The first-order chi connectivity index (χ1) is 10.2. The van der Waals surface area contributed by atoms with Crippen LogP contribution in [0.2, 0.25) is 10.0 Å². The lowest BCUT2D eigenvalue weighted by molar-refractivity contribution is 1.40. The van der Waals surface area contributed by atoms with E-state index in [1.165, 1.54) is 0 Å². The van der Waals surface area contributed by atoms with Crippen LogP contribution in [-0.2, 0) is 0 Å². The van der Waals surface area contributed by atoms with Crippen LogP contribution in [0.1, 0.15) is 0 Å². The summed E-state index contributed by atoms with van der Waals surface area (Å²) in [6, 6.07) is 15.5. The van der Waals surface area contributed by atoms with E-state index in [4.69, 9.17) is 28.2 Å². The molecule has 2 aromatic carbocycles. The van der Waals surface area contributed by atoms with Crippen LogP contribution < -0.4 is 0 Å². The molecule has 0 fully saturated rings. The molecule has 102 valence electrons. The average Bonchev–Trinajstić information content (AvgIpc) is 2.92. The lowest BCUT2D eigenvalue weighted by atomic mass is 10.1. The Bertz CT molecular complexity index is 973. The van der Waals surface area contributed by atoms with Crippen molar-refractivity contribution in [2.75, 3.05) is 0 Å². The van der Waals surface area contributed by atoms with E-state index in [0.717, 1.165) is 38.1 Å². The number of rotatable bonds is 1. The summed E-state index contributed by atoms with van der Waals surface area (Å²) < 4.78 is 0. The molecule has 0 aliphatic carbocycles. The number of fused-ring (bicyclic) bond motifs is 2. The Balaban J connectivity index is 1.98. The minimum atomic E-state index is 0.715. The quantitative estimate of drug-likeness (QED) is 0.480. The van der Waals surface area contributed by atoms with E-state index in [1.807, 2.05) is 54.7 Å². The van der Waals surface area contributed by atoms with Gasteiger partial charge in [-0.2, -0.15) is 0 Å². The Labute approximate surface area is 131 Å². The molecule has 0 bridgehead atoms. The number of benzene rings is 2. The molecule has 4 heteroatoms. The lowest BCUT2D eigenvalue weighted by Crippen LogP contribution is -1.84. The number of nitrogens with zero attached hydrogens (tertiary/aromatic N) is 1. The molecule has 0 saturated heterocycles. The third-order valence-corrected chi connectivity index (χ3v) is 4.13. The average molecular weight is 313 g/mol. The van der Waals surface area contributed by atoms with Crippen molar-refractivity contribution in [1.82, 2.24) is 9.97 Å². The van der Waals surface area contributed by atoms with Gasteiger partial charge in [-0.3, -0.25) is 0 Å². The molecule has 0 spiro atoms. The molecule has 0 saturated carbocycles. The van der Waals surface area contributed by atoms with Crippen molar-refractivity contribution in [3.8, 4) is 11.3 Å². The Kier molecular flexibility index (Phi) is 2.88. The highest BCUT2D eigenvalue weighted by Gasteiger charge is 2.10. The zero-order chi connectivity index (χ0) is 14.4. The fourth-order valence-electron chi connectivity index (χ4n) is 2.59. The number of aromatic nitrogens is 2. The van der Waals surface area contributed by atoms with Crippen LogP contribution in [0.3, 0.4) is 0 Å². The van der Waals surface area contributed by atoms with E-state index in [0.29, 0.717) is 5.02 Å². The topological polar surface area (TPSA) is 28.7 Å². The lowest BCUT2D eigenvalue weighted by Gasteiger charge is -2.03. The third-order valence-electron chi connectivity index (χ3n) is 3.58. The minimum Gasteiger partial charge on any atom is -0.360 e. The minimum absolute atomic E-state index is 0.715. The molecule has 0 radical (unpaired) electrons. The van der Waals surface area contributed by atoms with Gasteiger partial charge in [0, 0.05) is 33.1 Å². The molecular weight excluding hydrogens is 303 g/mol. The first kappa shape index (κ1) is 12.7. The van der Waals surface area contributed by atoms with E-state index < -0.39 is 0 Å². The third kappa shape index (κ3) is 2.08. The van der Waals surface area contributed by atoms with Crippen molar-refractivity contribution in [3.63, 3.8) is 0 Å². The van der Waals surface area contributed by atoms with Crippen molar-refractivity contribution >= 4 is 45.0 Å². The van der Waals surface area contributed by atoms with Crippen LogP contribution in [-0.4, -0.2) is 9.97 Å². The van der Waals surface area contributed by atoms with Crippen molar-refractivity contribution in [3.05, 3.63) is 64.8 Å². The first-order valence-electron chi connectivity index (χ1n) is 6.55. The number of hydrogen-bond acceptors (Lipinski definition) is 1. The van der Waals surface area contributed by atoms with Gasteiger partial charge in [0.15, 0.2) is 0 Å². The summed E-state index contributed by atoms with van der Waals surface area (Å²) in [6.45, 7) is 0. The van der Waals surface area contributed by atoms with Gasteiger partial charge in [-0.05, 0) is 36.4 Å². The van der Waals surface area contributed by atoms with Gasteiger partial charge in [-0.25, -0.2) is 4.98 Å². The Morgan fingerprint density at radius 2 is 1.86 bits per heavy atom. The van der Waals surface area contributed by atoms with Gasteiger partial charge in [0.25, 0.3) is 0 Å². The highest BCUT2D eigenvalue weighted by atomic mass is 35.5. The fourth-order valence-corrected chi connectivity index (χ4v) is 3.05. The number of pyridine rings is 1. The maximum Gasteiger partial charge on any atom is 0.0731 e. The molecule has 1 N–H and O–H groups in total. The van der Waals surface area contributed by atoms with Crippen molar-refractivity contribution in [2.24, 2.45) is 0 Å². The maximum atomic E-state index is 6.33. The Morgan fingerprint density at radius 3 is 2.76 bits per heavy atom. The smallest absolute Gasteiger partial charge is 0.0731 e. The van der Waals surface area contributed by atoms with Gasteiger partial charge in [0.2, 0.25) is 0 Å². The number of H-pyrrole nitrogens is 1. The van der Waals surface area contributed by atoms with Gasteiger partial charge in [0.1, 0.15) is 0 Å². The summed E-state index contributed by atoms with van der Waals surface area (Å²) >= 11 is 12.3. The number of nitrogens with one attached hydrogen (secondary N) is 1. The second-order valence-electron chi connectivity index (χ2n) is 4.90. The monoisotopic (exact) mass is 312 g/mol. The summed E-state index contributed by atoms with van der Waals surface area (Å²) in [5.41, 5.74) is 3.82. The van der Waals surface area contributed by atoms with E-state index in [1.54, 1.807) is 0 Å². The summed E-state index contributed by atoms with van der Waals surface area (Å²) in [4.78, 5) is 7.95. The molecule has 0 aliphatic heterocycles. The van der Waals surface area contributed by atoms with Gasteiger partial charge >= 0.3 is 0 Å². The number of aromatic amines is 1. The van der Waals surface area contributed by atoms with E-state index in [-0.39, 0.29) is 0 Å². The second-order valence-corrected chi connectivity index (χ2v) is 5.74. The van der Waals surface area contributed by atoms with Gasteiger partial charge < -0.3 is 4.98 Å². The van der Waals surface area contributed by atoms with Crippen molar-refractivity contribution < 1.29 is 0 Å². The Morgan fingerprint density at radius 1 is 0.952 bits per heavy atom. The summed E-state index contributed by atoms with van der Waals surface area (Å²) in [5, 5.41) is 3.46. The zero-order valence-electron chi connectivity index (χ0n) is 10.9. The van der Waals surface area contributed by atoms with E-state index in [2.05, 4.69) is 4.98 Å². The molecule has 0 aliphatic rings. The van der Waals surface area contributed by atoms with Crippen LogP contribution in [0.25, 0.3) is 33.1 Å². The van der Waals surface area contributed by atoms with Crippen LogP contribution in [0.4, 0.5) is 0 Å². The van der Waals surface area contributed by atoms with E-state index >= 15 is 0 Å². The van der Waals surface area contributed by atoms with Crippen LogP contribution in [0.5, 0.6) is 0 Å². The summed E-state index contributed by atoms with van der Waals surface area (Å²) in [7, 11) is 0. The molecule has 0 amide bonds. The standard InChI is InChI=1S/C17H10Cl2N2/c18-11-5-7-14-10(8-11)4-6-15(21-14)12-9-20-16-3-1-2-13(19)17(12)16/h1-9,20H. The highest BCUT2D eigenvalue weighted by Crippen LogP contribution is 2.33. The summed E-state index contributed by atoms with van der Waals surface area (Å²) in [5.74, 6) is 0. The van der Waals surface area contributed by atoms with Crippen molar-refractivity contribution in [1.29, 1.82) is 0 Å².